The van der Waals surface area contributed by atoms with E-state index in [1.807, 2.05) is 31.2 Å². The molecule has 0 saturated heterocycles. The van der Waals surface area contributed by atoms with Crippen LogP contribution < -0.4 is 10.9 Å². The Balaban J connectivity index is 1.56. The largest absolute Gasteiger partial charge is 0.352 e. The van der Waals surface area contributed by atoms with Gasteiger partial charge in [-0.25, -0.2) is 4.39 Å². The third-order valence-electron chi connectivity index (χ3n) is 4.08. The Morgan fingerprint density at radius 1 is 1.07 bits per heavy atom. The number of nitrogens with zero attached hydrogens (tertiary/aromatic N) is 2. The van der Waals surface area contributed by atoms with Gasteiger partial charge in [-0.2, -0.15) is 0 Å². The number of aromatic nitrogens is 3. The number of nitrogens with one attached hydrogen (secondary N) is 2. The van der Waals surface area contributed by atoms with Gasteiger partial charge in [0, 0.05) is 24.9 Å². The number of hydrogen-bond donors (Lipinski definition) is 2. The van der Waals surface area contributed by atoms with Crippen LogP contribution in [-0.2, 0) is 17.8 Å². The van der Waals surface area contributed by atoms with Crippen molar-refractivity contribution in [2.24, 2.45) is 0 Å². The van der Waals surface area contributed by atoms with Crippen LogP contribution >= 0.6 is 0 Å². The summed E-state index contributed by atoms with van der Waals surface area (Å²) in [5, 5.41) is 10.7. The molecule has 0 aliphatic heterocycles. The summed E-state index contributed by atoms with van der Waals surface area (Å²) >= 11 is 0. The molecule has 2 N–H and O–H groups in total. The molecule has 1 heterocycles. The molecule has 0 spiro atoms. The van der Waals surface area contributed by atoms with Gasteiger partial charge in [0.1, 0.15) is 11.5 Å². The van der Waals surface area contributed by atoms with Gasteiger partial charge in [-0.1, -0.05) is 42.0 Å². The Morgan fingerprint density at radius 3 is 2.44 bits per heavy atom. The van der Waals surface area contributed by atoms with Gasteiger partial charge in [0.15, 0.2) is 5.82 Å². The molecule has 1 amide bonds. The molecule has 138 valence electrons. The molecule has 0 fully saturated rings. The molecule has 0 bridgehead atoms. The van der Waals surface area contributed by atoms with Gasteiger partial charge in [-0.15, -0.1) is 10.2 Å². The summed E-state index contributed by atoms with van der Waals surface area (Å²) in [6.07, 6.45) is 0.300. The zero-order chi connectivity index (χ0) is 19.2. The van der Waals surface area contributed by atoms with E-state index >= 15 is 0 Å². The van der Waals surface area contributed by atoms with Crippen molar-refractivity contribution in [2.75, 3.05) is 0 Å². The molecule has 7 heteroatoms. The van der Waals surface area contributed by atoms with E-state index < -0.39 is 0 Å². The minimum Gasteiger partial charge on any atom is -0.352 e. The molecule has 0 atom stereocenters. The van der Waals surface area contributed by atoms with Crippen molar-refractivity contribution < 1.29 is 9.18 Å². The third-order valence-corrected chi connectivity index (χ3v) is 4.08. The lowest BCUT2D eigenvalue weighted by atomic mass is 10.1. The highest BCUT2D eigenvalue weighted by Crippen LogP contribution is 2.13. The predicted molar refractivity (Wildman–Crippen MR) is 99.4 cm³/mol. The minimum absolute atomic E-state index is 0.114. The molecule has 3 aromatic rings. The summed E-state index contributed by atoms with van der Waals surface area (Å²) in [5.41, 5.74) is 2.53. The van der Waals surface area contributed by atoms with Gasteiger partial charge in [0.05, 0.1) is 0 Å². The van der Waals surface area contributed by atoms with Crippen LogP contribution in [0.4, 0.5) is 4.39 Å². The van der Waals surface area contributed by atoms with E-state index in [0.717, 1.165) is 16.7 Å². The van der Waals surface area contributed by atoms with Crippen LogP contribution in [0, 0.1) is 12.7 Å². The quantitative estimate of drug-likeness (QED) is 0.702. The smallest absolute Gasteiger partial charge is 0.273 e. The first-order valence-electron chi connectivity index (χ1n) is 8.55. The molecule has 2 aromatic carbocycles. The Labute approximate surface area is 155 Å². The van der Waals surface area contributed by atoms with Crippen molar-refractivity contribution in [2.45, 2.75) is 26.3 Å². The van der Waals surface area contributed by atoms with Gasteiger partial charge >= 0.3 is 0 Å². The fraction of sp³-hybridized carbons (Fsp3) is 0.200. The van der Waals surface area contributed by atoms with Gasteiger partial charge < -0.3 is 10.3 Å². The Bertz CT molecular complexity index is 982. The van der Waals surface area contributed by atoms with E-state index in [9.17, 15) is 14.0 Å². The Kier molecular flexibility index (Phi) is 5.71. The van der Waals surface area contributed by atoms with Crippen molar-refractivity contribution in [1.82, 2.24) is 20.5 Å². The van der Waals surface area contributed by atoms with E-state index in [4.69, 9.17) is 0 Å². The molecule has 0 aliphatic carbocycles. The first kappa shape index (κ1) is 18.4. The summed E-state index contributed by atoms with van der Waals surface area (Å²) in [5.74, 6) is -0.149. The number of amides is 1. The van der Waals surface area contributed by atoms with Crippen LogP contribution in [0.2, 0.25) is 0 Å². The van der Waals surface area contributed by atoms with Crippen molar-refractivity contribution in [3.05, 3.63) is 81.5 Å². The van der Waals surface area contributed by atoms with Crippen molar-refractivity contribution in [1.29, 1.82) is 0 Å². The normalized spacial score (nSPS) is 10.6. The van der Waals surface area contributed by atoms with Crippen molar-refractivity contribution in [3.63, 3.8) is 0 Å². The van der Waals surface area contributed by atoms with Gasteiger partial charge in [0.25, 0.3) is 5.56 Å². The third kappa shape index (κ3) is 5.07. The standard InChI is InChI=1S/C20H19FN4O2/c1-13-2-6-15(7-3-13)19-23-20(27)17(24-25-19)10-11-18(26)22-12-14-4-8-16(21)9-5-14/h2-9H,10-12H2,1H3,(H,22,26)(H,23,25,27). The number of rotatable bonds is 6. The van der Waals surface area contributed by atoms with Gasteiger partial charge in [-0.05, 0) is 24.6 Å². The van der Waals surface area contributed by atoms with Gasteiger partial charge in [-0.3, -0.25) is 9.59 Å². The zero-order valence-electron chi connectivity index (χ0n) is 14.8. The van der Waals surface area contributed by atoms with E-state index in [0.29, 0.717) is 12.4 Å². The molecular weight excluding hydrogens is 347 g/mol. The van der Waals surface area contributed by atoms with E-state index in [-0.39, 0.29) is 35.8 Å². The van der Waals surface area contributed by atoms with Crippen LogP contribution in [0.15, 0.2) is 53.3 Å². The van der Waals surface area contributed by atoms with E-state index in [1.54, 1.807) is 12.1 Å². The maximum absolute atomic E-state index is 12.9. The summed E-state index contributed by atoms with van der Waals surface area (Å²) in [7, 11) is 0. The number of aromatic amines is 1. The fourth-order valence-electron chi connectivity index (χ4n) is 2.49. The highest BCUT2D eigenvalue weighted by molar-refractivity contribution is 5.76. The number of halogens is 1. The molecular formula is C20H19FN4O2. The molecule has 27 heavy (non-hydrogen) atoms. The number of aryl methyl sites for hydroxylation is 2. The molecule has 0 unspecified atom stereocenters. The second-order valence-electron chi connectivity index (χ2n) is 6.22. The zero-order valence-corrected chi connectivity index (χ0v) is 14.8. The van der Waals surface area contributed by atoms with Gasteiger partial charge in [0.2, 0.25) is 5.91 Å². The second kappa shape index (κ2) is 8.35. The lowest BCUT2D eigenvalue weighted by molar-refractivity contribution is -0.121. The number of carbonyl (C=O) groups excluding carboxylic acids is 1. The monoisotopic (exact) mass is 366 g/mol. The summed E-state index contributed by atoms with van der Waals surface area (Å²) in [6.45, 7) is 2.27. The van der Waals surface area contributed by atoms with Crippen LogP contribution in [0.3, 0.4) is 0 Å². The SMILES string of the molecule is Cc1ccc(-c2nnc(CCC(=O)NCc3ccc(F)cc3)c(=O)[nH]2)cc1. The Hall–Kier alpha value is -3.35. The molecule has 3 rings (SSSR count). The summed E-state index contributed by atoms with van der Waals surface area (Å²) in [6, 6.07) is 13.5. The van der Waals surface area contributed by atoms with Crippen LogP contribution in [0.25, 0.3) is 11.4 Å². The molecule has 0 aliphatic rings. The molecule has 0 radical (unpaired) electrons. The lowest BCUT2D eigenvalue weighted by Crippen LogP contribution is -2.25. The first-order valence-corrected chi connectivity index (χ1v) is 8.55. The van der Waals surface area contributed by atoms with Crippen LogP contribution in [-0.4, -0.2) is 21.1 Å². The van der Waals surface area contributed by atoms with E-state index in [2.05, 4.69) is 20.5 Å². The first-order chi connectivity index (χ1) is 13.0. The number of H-pyrrole nitrogens is 1. The highest BCUT2D eigenvalue weighted by atomic mass is 19.1. The topological polar surface area (TPSA) is 87.7 Å². The number of benzene rings is 2. The number of hydrogen-bond acceptors (Lipinski definition) is 4. The average Bonchev–Trinajstić information content (AvgIpc) is 2.67. The summed E-state index contributed by atoms with van der Waals surface area (Å²) < 4.78 is 12.9. The van der Waals surface area contributed by atoms with Crippen LogP contribution in [0.5, 0.6) is 0 Å². The van der Waals surface area contributed by atoms with Crippen molar-refractivity contribution >= 4 is 5.91 Å². The fourth-order valence-corrected chi connectivity index (χ4v) is 2.49. The maximum atomic E-state index is 12.9. The lowest BCUT2D eigenvalue weighted by Gasteiger charge is -2.05. The van der Waals surface area contributed by atoms with Crippen LogP contribution in [0.1, 0.15) is 23.2 Å². The molecule has 6 nitrogen and oxygen atoms in total. The average molecular weight is 366 g/mol. The predicted octanol–water partition coefficient (Wildman–Crippen LogP) is 2.53. The minimum atomic E-state index is -0.355. The molecule has 1 aromatic heterocycles. The van der Waals surface area contributed by atoms with Crippen molar-refractivity contribution in [3.8, 4) is 11.4 Å². The van der Waals surface area contributed by atoms with E-state index in [1.165, 1.54) is 12.1 Å². The number of carbonyl (C=O) groups is 1. The molecule has 0 saturated carbocycles. The highest BCUT2D eigenvalue weighted by Gasteiger charge is 2.09. The summed E-state index contributed by atoms with van der Waals surface area (Å²) in [4.78, 5) is 26.8. The second-order valence-corrected chi connectivity index (χ2v) is 6.22. The Morgan fingerprint density at radius 2 is 1.78 bits per heavy atom. The maximum Gasteiger partial charge on any atom is 0.273 e.